The zero-order valence-corrected chi connectivity index (χ0v) is 29.8. The van der Waals surface area contributed by atoms with Crippen LogP contribution in [-0.2, 0) is 30.5 Å². The maximum atomic E-state index is 15.3. The van der Waals surface area contributed by atoms with Crippen LogP contribution in [0, 0.1) is 12.3 Å². The fourth-order valence-electron chi connectivity index (χ4n) is 6.05. The van der Waals surface area contributed by atoms with Crippen molar-refractivity contribution in [3.05, 3.63) is 35.0 Å². The summed E-state index contributed by atoms with van der Waals surface area (Å²) in [7, 11) is 0. The molecular weight excluding hydrogens is 639 g/mol. The van der Waals surface area contributed by atoms with Crippen molar-refractivity contribution in [3.8, 4) is 16.2 Å². The number of aliphatic hydroxyl groups is 1. The van der Waals surface area contributed by atoms with Crippen molar-refractivity contribution in [2.24, 2.45) is 5.41 Å². The molecule has 2 heterocycles. The molecule has 0 bridgehead atoms. The number of carbonyl (C=O) groups is 4. The van der Waals surface area contributed by atoms with E-state index < -0.39 is 41.0 Å². The van der Waals surface area contributed by atoms with Gasteiger partial charge in [0.2, 0.25) is 18.7 Å². The third kappa shape index (κ3) is 9.10. The summed E-state index contributed by atoms with van der Waals surface area (Å²) in [5.41, 5.74) is 2.85. The van der Waals surface area contributed by atoms with E-state index in [0.717, 1.165) is 21.0 Å². The molecule has 2 fully saturated rings. The summed E-state index contributed by atoms with van der Waals surface area (Å²) in [6.45, 7) is 13.0. The normalized spacial score (nSPS) is 19.4. The summed E-state index contributed by atoms with van der Waals surface area (Å²) in [5, 5.41) is 10.7. The lowest BCUT2D eigenvalue weighted by atomic mass is 9.84. The molecule has 1 saturated heterocycles. The molecule has 48 heavy (non-hydrogen) atoms. The lowest BCUT2D eigenvalue weighted by Crippen LogP contribution is -2.60. The number of nitrogens with zero attached hydrogens (tertiary/aromatic N) is 4. The van der Waals surface area contributed by atoms with E-state index in [-0.39, 0.29) is 44.7 Å². The molecule has 11 nitrogen and oxygen atoms in total. The van der Waals surface area contributed by atoms with Gasteiger partial charge in [0.1, 0.15) is 23.6 Å². The standard InChI is InChI=1S/C35H49FN4O7S/c1-23-30(48-20-37-23)24-11-12-25(27(16-24)46-15-9-8-10-29(44)47-34(5,6)7)18-38(21-41)28-17-26(43)19-39(28)32(45)31(33(2,3)4)40(22-42)35(36)13-14-35/h11-12,16,20-22,26,28,31,43H,8-10,13-15,17-19H2,1-7H3/t26-,28+,31-/m1/s1. The predicted octanol–water partition coefficient (Wildman–Crippen LogP) is 5.22. The molecule has 1 aliphatic carbocycles. The molecule has 1 aliphatic heterocycles. The van der Waals surface area contributed by atoms with Crippen LogP contribution in [0.25, 0.3) is 10.4 Å². The monoisotopic (exact) mass is 688 g/mol. The van der Waals surface area contributed by atoms with Gasteiger partial charge in [0.15, 0.2) is 5.79 Å². The Hall–Kier alpha value is -3.58. The second-order valence-corrected chi connectivity index (χ2v) is 15.7. The molecule has 3 atom stereocenters. The van der Waals surface area contributed by atoms with Crippen LogP contribution in [0.15, 0.2) is 23.7 Å². The Morgan fingerprint density at radius 3 is 2.44 bits per heavy atom. The number of aryl methyl sites for hydroxylation is 1. The number of alkyl halides is 1. The zero-order valence-electron chi connectivity index (χ0n) is 29.0. The largest absolute Gasteiger partial charge is 0.493 e. The van der Waals surface area contributed by atoms with Crippen molar-refractivity contribution in [1.82, 2.24) is 19.7 Å². The summed E-state index contributed by atoms with van der Waals surface area (Å²) in [5.74, 6) is -2.14. The van der Waals surface area contributed by atoms with Gasteiger partial charge in [-0.15, -0.1) is 11.3 Å². The van der Waals surface area contributed by atoms with Gasteiger partial charge in [-0.3, -0.25) is 24.1 Å². The minimum absolute atomic E-state index is 0.0585. The molecule has 0 unspecified atom stereocenters. The van der Waals surface area contributed by atoms with Gasteiger partial charge in [0.05, 0.1) is 35.3 Å². The molecule has 264 valence electrons. The SMILES string of the molecule is Cc1ncsc1-c1ccc(CN(C=O)[C@@H]2C[C@@H](O)CN2C(=O)[C@@H](N(C=O)C2(F)CC2)C(C)(C)C)c(OCCCCC(=O)OC(C)(C)C)c1. The molecule has 3 amide bonds. The Kier molecular flexibility index (Phi) is 11.6. The molecule has 1 saturated carbocycles. The van der Waals surface area contributed by atoms with E-state index in [1.54, 1.807) is 26.3 Å². The van der Waals surface area contributed by atoms with Gasteiger partial charge < -0.3 is 24.4 Å². The Bertz CT molecular complexity index is 1470. The number of benzene rings is 1. The van der Waals surface area contributed by atoms with Crippen LogP contribution < -0.4 is 4.74 Å². The minimum atomic E-state index is -1.88. The number of rotatable bonds is 15. The van der Waals surface area contributed by atoms with E-state index >= 15 is 4.39 Å². The molecule has 13 heteroatoms. The summed E-state index contributed by atoms with van der Waals surface area (Å²) >= 11 is 1.50. The van der Waals surface area contributed by atoms with E-state index in [1.165, 1.54) is 21.1 Å². The highest BCUT2D eigenvalue weighted by Gasteiger charge is 2.56. The van der Waals surface area contributed by atoms with Crippen LogP contribution in [0.2, 0.25) is 0 Å². The number of esters is 1. The number of thiazole rings is 1. The second kappa shape index (κ2) is 14.9. The third-order valence-electron chi connectivity index (χ3n) is 8.50. The van der Waals surface area contributed by atoms with Gasteiger partial charge in [-0.2, -0.15) is 0 Å². The van der Waals surface area contributed by atoms with E-state index in [1.807, 2.05) is 45.9 Å². The number of amides is 3. The number of hydrogen-bond acceptors (Lipinski definition) is 9. The molecular formula is C35H49FN4O7S. The first-order valence-corrected chi connectivity index (χ1v) is 17.4. The number of ether oxygens (including phenoxy) is 2. The second-order valence-electron chi connectivity index (χ2n) is 14.8. The zero-order chi connectivity index (χ0) is 35.4. The van der Waals surface area contributed by atoms with Gasteiger partial charge in [-0.1, -0.05) is 32.9 Å². The van der Waals surface area contributed by atoms with Crippen LogP contribution in [0.4, 0.5) is 4.39 Å². The fourth-order valence-corrected chi connectivity index (χ4v) is 6.85. The summed E-state index contributed by atoms with van der Waals surface area (Å²) in [6, 6.07) is 4.55. The summed E-state index contributed by atoms with van der Waals surface area (Å²) < 4.78 is 26.9. The Balaban J connectivity index is 1.55. The number of unbranched alkanes of at least 4 members (excludes halogenated alkanes) is 1. The Morgan fingerprint density at radius 1 is 1.17 bits per heavy atom. The highest BCUT2D eigenvalue weighted by molar-refractivity contribution is 7.13. The van der Waals surface area contributed by atoms with Crippen LogP contribution >= 0.6 is 11.3 Å². The number of likely N-dealkylation sites (tertiary alicyclic amines) is 1. The molecule has 2 aromatic rings. The van der Waals surface area contributed by atoms with Crippen LogP contribution in [0.5, 0.6) is 5.75 Å². The predicted molar refractivity (Wildman–Crippen MR) is 179 cm³/mol. The van der Waals surface area contributed by atoms with Gasteiger partial charge >= 0.3 is 5.97 Å². The van der Waals surface area contributed by atoms with Gasteiger partial charge in [-0.05, 0) is 57.6 Å². The highest BCUT2D eigenvalue weighted by atomic mass is 32.1. The first-order chi connectivity index (χ1) is 22.5. The van der Waals surface area contributed by atoms with Gasteiger partial charge in [-0.25, -0.2) is 9.37 Å². The maximum absolute atomic E-state index is 15.3. The van der Waals surface area contributed by atoms with Crippen molar-refractivity contribution in [2.45, 2.75) is 123 Å². The van der Waals surface area contributed by atoms with E-state index in [0.29, 0.717) is 43.6 Å². The average Bonchev–Trinajstić information content (AvgIpc) is 3.39. The number of halogens is 1. The number of β-amino-alcohol motifs (C(OH)–C–C–N with tert-alkyl or cyclic N) is 1. The van der Waals surface area contributed by atoms with Crippen LogP contribution in [-0.4, -0.2) is 92.3 Å². The lowest BCUT2D eigenvalue weighted by Gasteiger charge is -2.43. The van der Waals surface area contributed by atoms with Crippen molar-refractivity contribution in [3.63, 3.8) is 0 Å². The summed E-state index contributed by atoms with van der Waals surface area (Å²) in [6.07, 6.45) is 1.12. The maximum Gasteiger partial charge on any atom is 0.306 e. The number of aromatic nitrogens is 1. The quantitative estimate of drug-likeness (QED) is 0.117. The molecule has 1 aromatic carbocycles. The molecule has 4 rings (SSSR count). The minimum Gasteiger partial charge on any atom is -0.493 e. The Labute approximate surface area is 286 Å². The molecule has 1 N–H and O–H groups in total. The fraction of sp³-hybridized carbons (Fsp3) is 0.629. The van der Waals surface area contributed by atoms with Gasteiger partial charge in [0.25, 0.3) is 0 Å². The summed E-state index contributed by atoms with van der Waals surface area (Å²) in [4.78, 5) is 60.2. The molecule has 2 aliphatic rings. The topological polar surface area (TPSA) is 130 Å². The number of carbonyl (C=O) groups excluding carboxylic acids is 4. The number of aliphatic hydroxyl groups excluding tert-OH is 1. The average molecular weight is 689 g/mol. The Morgan fingerprint density at radius 2 is 1.88 bits per heavy atom. The smallest absolute Gasteiger partial charge is 0.306 e. The first kappa shape index (κ1) is 37.2. The van der Waals surface area contributed by atoms with E-state index in [2.05, 4.69) is 4.98 Å². The molecule has 0 spiro atoms. The van der Waals surface area contributed by atoms with E-state index in [9.17, 15) is 24.3 Å². The van der Waals surface area contributed by atoms with Gasteiger partial charge in [0, 0.05) is 37.8 Å². The third-order valence-corrected chi connectivity index (χ3v) is 9.48. The van der Waals surface area contributed by atoms with Crippen LogP contribution in [0.3, 0.4) is 0 Å². The van der Waals surface area contributed by atoms with Crippen LogP contribution in [0.1, 0.15) is 91.3 Å². The van der Waals surface area contributed by atoms with Crippen molar-refractivity contribution in [1.29, 1.82) is 0 Å². The first-order valence-electron chi connectivity index (χ1n) is 16.5. The highest BCUT2D eigenvalue weighted by Crippen LogP contribution is 2.46. The van der Waals surface area contributed by atoms with E-state index in [4.69, 9.17) is 9.47 Å². The lowest BCUT2D eigenvalue weighted by molar-refractivity contribution is -0.157. The molecule has 1 aromatic heterocycles. The van der Waals surface area contributed by atoms with Crippen molar-refractivity contribution in [2.75, 3.05) is 13.2 Å². The molecule has 0 radical (unpaired) electrons. The van der Waals surface area contributed by atoms with Crippen molar-refractivity contribution < 1.29 is 38.1 Å². The number of hydrogen-bond donors (Lipinski definition) is 1. The van der Waals surface area contributed by atoms with Crippen molar-refractivity contribution >= 4 is 36.0 Å².